The Morgan fingerprint density at radius 2 is 1.84 bits per heavy atom. The van der Waals surface area contributed by atoms with Gasteiger partial charge in [-0.15, -0.1) is 0 Å². The van der Waals surface area contributed by atoms with E-state index in [9.17, 15) is 0 Å². The maximum atomic E-state index is 6.42. The minimum atomic E-state index is 0.160. The van der Waals surface area contributed by atoms with Crippen LogP contribution in [-0.4, -0.2) is 19.1 Å². The third kappa shape index (κ3) is 4.39. The first kappa shape index (κ1) is 16.3. The van der Waals surface area contributed by atoms with E-state index in [4.69, 9.17) is 17.3 Å². The molecule has 0 bridgehead atoms. The SMILES string of the molecule is CC(N)Cc1ccc(N(C)C(C)C(C)(C)C)c(Cl)c1. The van der Waals surface area contributed by atoms with E-state index < -0.39 is 0 Å². The molecule has 2 atom stereocenters. The van der Waals surface area contributed by atoms with Gasteiger partial charge in [0.1, 0.15) is 0 Å². The van der Waals surface area contributed by atoms with Crippen molar-refractivity contribution in [2.24, 2.45) is 11.1 Å². The first-order chi connectivity index (χ1) is 8.62. The number of nitrogens with zero attached hydrogens (tertiary/aromatic N) is 1. The van der Waals surface area contributed by atoms with Gasteiger partial charge in [-0.25, -0.2) is 0 Å². The van der Waals surface area contributed by atoms with Crippen LogP contribution in [0.3, 0.4) is 0 Å². The van der Waals surface area contributed by atoms with Crippen molar-refractivity contribution in [2.75, 3.05) is 11.9 Å². The molecular weight excluding hydrogens is 256 g/mol. The van der Waals surface area contributed by atoms with Gasteiger partial charge in [-0.2, -0.15) is 0 Å². The maximum Gasteiger partial charge on any atom is 0.0642 e. The summed E-state index contributed by atoms with van der Waals surface area (Å²) in [6.45, 7) is 11.0. The molecule has 0 aliphatic carbocycles. The molecule has 2 unspecified atom stereocenters. The highest BCUT2D eigenvalue weighted by atomic mass is 35.5. The molecule has 1 aromatic carbocycles. The van der Waals surface area contributed by atoms with Crippen molar-refractivity contribution < 1.29 is 0 Å². The van der Waals surface area contributed by atoms with Gasteiger partial charge in [0.2, 0.25) is 0 Å². The van der Waals surface area contributed by atoms with Crippen LogP contribution in [0.4, 0.5) is 5.69 Å². The van der Waals surface area contributed by atoms with Crippen molar-refractivity contribution >= 4 is 17.3 Å². The van der Waals surface area contributed by atoms with Gasteiger partial charge in [0.15, 0.2) is 0 Å². The van der Waals surface area contributed by atoms with Crippen LogP contribution >= 0.6 is 11.6 Å². The number of rotatable bonds is 4. The Kier molecular flexibility index (Phi) is 5.28. The minimum absolute atomic E-state index is 0.160. The second kappa shape index (κ2) is 6.15. The van der Waals surface area contributed by atoms with Gasteiger partial charge in [-0.3, -0.25) is 0 Å². The van der Waals surface area contributed by atoms with E-state index in [1.54, 1.807) is 0 Å². The van der Waals surface area contributed by atoms with E-state index in [1.165, 1.54) is 5.56 Å². The summed E-state index contributed by atoms with van der Waals surface area (Å²) in [4.78, 5) is 2.25. The Bertz CT molecular complexity index is 421. The molecule has 0 aliphatic rings. The summed E-state index contributed by atoms with van der Waals surface area (Å²) in [7, 11) is 2.10. The summed E-state index contributed by atoms with van der Waals surface area (Å²) in [6.07, 6.45) is 0.860. The van der Waals surface area contributed by atoms with Crippen molar-refractivity contribution in [2.45, 2.75) is 53.1 Å². The summed E-state index contributed by atoms with van der Waals surface area (Å²) in [6, 6.07) is 6.82. The predicted molar refractivity (Wildman–Crippen MR) is 86.1 cm³/mol. The van der Waals surface area contributed by atoms with Crippen LogP contribution in [0.5, 0.6) is 0 Å². The molecule has 0 radical (unpaired) electrons. The van der Waals surface area contributed by atoms with Gasteiger partial charge in [0.05, 0.1) is 10.7 Å². The highest BCUT2D eigenvalue weighted by Gasteiger charge is 2.25. The number of hydrogen-bond donors (Lipinski definition) is 1. The Balaban J connectivity index is 2.96. The molecule has 2 nitrogen and oxygen atoms in total. The molecule has 0 amide bonds. The standard InChI is InChI=1S/C16H27ClN2/c1-11(18)9-13-7-8-15(14(17)10-13)19(6)12(2)16(3,4)5/h7-8,10-12H,9,18H2,1-6H3. The number of benzene rings is 1. The zero-order valence-electron chi connectivity index (χ0n) is 13.0. The molecule has 19 heavy (non-hydrogen) atoms. The quantitative estimate of drug-likeness (QED) is 0.901. The average molecular weight is 283 g/mol. The van der Waals surface area contributed by atoms with Crippen molar-refractivity contribution in [3.05, 3.63) is 28.8 Å². The van der Waals surface area contributed by atoms with Crippen molar-refractivity contribution in [1.29, 1.82) is 0 Å². The van der Waals surface area contributed by atoms with Gasteiger partial charge in [-0.1, -0.05) is 38.4 Å². The van der Waals surface area contributed by atoms with Crippen LogP contribution in [0.2, 0.25) is 5.02 Å². The molecule has 1 aromatic rings. The molecule has 1 rings (SSSR count). The van der Waals surface area contributed by atoms with Gasteiger partial charge < -0.3 is 10.6 Å². The van der Waals surface area contributed by atoms with E-state index in [0.29, 0.717) is 6.04 Å². The summed E-state index contributed by atoms with van der Waals surface area (Å²) in [5.41, 5.74) is 8.31. The van der Waals surface area contributed by atoms with Crippen molar-refractivity contribution in [1.82, 2.24) is 0 Å². The lowest BCUT2D eigenvalue weighted by Gasteiger charge is -2.37. The fourth-order valence-corrected chi connectivity index (χ4v) is 2.46. The summed E-state index contributed by atoms with van der Waals surface area (Å²) < 4.78 is 0. The van der Waals surface area contributed by atoms with E-state index in [1.807, 2.05) is 13.0 Å². The fourth-order valence-electron chi connectivity index (χ4n) is 2.12. The Morgan fingerprint density at radius 3 is 2.26 bits per heavy atom. The smallest absolute Gasteiger partial charge is 0.0642 e. The van der Waals surface area contributed by atoms with Crippen LogP contribution < -0.4 is 10.6 Å². The van der Waals surface area contributed by atoms with Crippen LogP contribution in [0.15, 0.2) is 18.2 Å². The first-order valence-corrected chi connectivity index (χ1v) is 7.27. The predicted octanol–water partition coefficient (Wildman–Crippen LogP) is 4.10. The second-order valence-corrected chi connectivity index (χ2v) is 7.03. The Hall–Kier alpha value is -0.730. The van der Waals surface area contributed by atoms with Crippen LogP contribution in [0.25, 0.3) is 0 Å². The molecule has 3 heteroatoms. The van der Waals surface area contributed by atoms with E-state index in [0.717, 1.165) is 17.1 Å². The molecule has 0 saturated heterocycles. The number of halogens is 1. The molecule has 2 N–H and O–H groups in total. The molecule has 0 heterocycles. The van der Waals surface area contributed by atoms with Crippen molar-refractivity contribution in [3.63, 3.8) is 0 Å². The van der Waals surface area contributed by atoms with E-state index in [-0.39, 0.29) is 11.5 Å². The van der Waals surface area contributed by atoms with Crippen LogP contribution in [-0.2, 0) is 6.42 Å². The third-order valence-electron chi connectivity index (χ3n) is 3.78. The molecule has 0 saturated carbocycles. The summed E-state index contributed by atoms with van der Waals surface area (Å²) in [5, 5.41) is 0.803. The Morgan fingerprint density at radius 1 is 1.26 bits per heavy atom. The second-order valence-electron chi connectivity index (χ2n) is 6.62. The minimum Gasteiger partial charge on any atom is -0.370 e. The monoisotopic (exact) mass is 282 g/mol. The number of anilines is 1. The molecule has 108 valence electrons. The van der Waals surface area contributed by atoms with Crippen molar-refractivity contribution in [3.8, 4) is 0 Å². The average Bonchev–Trinajstić information content (AvgIpc) is 2.25. The summed E-state index contributed by atoms with van der Waals surface area (Å²) >= 11 is 6.42. The largest absolute Gasteiger partial charge is 0.370 e. The van der Waals surface area contributed by atoms with Gasteiger partial charge in [0.25, 0.3) is 0 Å². The van der Waals surface area contributed by atoms with Gasteiger partial charge in [-0.05, 0) is 43.4 Å². The van der Waals surface area contributed by atoms with E-state index >= 15 is 0 Å². The third-order valence-corrected chi connectivity index (χ3v) is 4.09. The topological polar surface area (TPSA) is 29.3 Å². The van der Waals surface area contributed by atoms with Gasteiger partial charge >= 0.3 is 0 Å². The lowest BCUT2D eigenvalue weighted by molar-refractivity contribution is 0.330. The first-order valence-electron chi connectivity index (χ1n) is 6.89. The summed E-state index contributed by atoms with van der Waals surface area (Å²) in [5.74, 6) is 0. The molecule has 0 aliphatic heterocycles. The van der Waals surface area contributed by atoms with Crippen LogP contribution in [0, 0.1) is 5.41 Å². The normalized spacial score (nSPS) is 15.2. The zero-order chi connectivity index (χ0) is 14.8. The van der Waals surface area contributed by atoms with Crippen LogP contribution in [0.1, 0.15) is 40.2 Å². The number of hydrogen-bond acceptors (Lipinski definition) is 2. The molecular formula is C16H27ClN2. The highest BCUT2D eigenvalue weighted by Crippen LogP contribution is 2.32. The van der Waals surface area contributed by atoms with Gasteiger partial charge in [0, 0.05) is 19.1 Å². The van der Waals surface area contributed by atoms with E-state index in [2.05, 4.69) is 51.8 Å². The highest BCUT2D eigenvalue weighted by molar-refractivity contribution is 6.33. The maximum absolute atomic E-state index is 6.42. The Labute approximate surface area is 122 Å². The molecule has 0 spiro atoms. The lowest BCUT2D eigenvalue weighted by Crippen LogP contribution is -2.39. The zero-order valence-corrected chi connectivity index (χ0v) is 13.8. The number of nitrogens with two attached hydrogens (primary N) is 1. The fraction of sp³-hybridized carbons (Fsp3) is 0.625. The molecule has 0 fully saturated rings. The molecule has 0 aromatic heterocycles. The lowest BCUT2D eigenvalue weighted by atomic mass is 9.87.